The molecule has 0 atom stereocenters. The molecule has 0 N–H and O–H groups in total. The molecule has 0 radical (unpaired) electrons. The Bertz CT molecular complexity index is 278. The first-order chi connectivity index (χ1) is 5.83. The molecule has 0 bridgehead atoms. The topological polar surface area (TPSA) is 0 Å². The third-order valence-corrected chi connectivity index (χ3v) is 1.79. The van der Waals surface area contributed by atoms with Crippen molar-refractivity contribution in [3.05, 3.63) is 53.6 Å². The molecule has 0 heterocycles. The number of hydrogen-bond donors (Lipinski definition) is 0. The Morgan fingerprint density at radius 3 is 2.42 bits per heavy atom. The van der Waals surface area contributed by atoms with Gasteiger partial charge in [0.15, 0.2) is 0 Å². The van der Waals surface area contributed by atoms with Gasteiger partial charge in [-0.2, -0.15) is 0 Å². The van der Waals surface area contributed by atoms with E-state index in [1.165, 1.54) is 11.1 Å². The maximum absolute atomic E-state index is 2.12. The summed E-state index contributed by atoms with van der Waals surface area (Å²) in [6, 6.07) is 10.3. The highest BCUT2D eigenvalue weighted by atomic mass is 13.9. The Morgan fingerprint density at radius 1 is 1.17 bits per heavy atom. The van der Waals surface area contributed by atoms with E-state index in [2.05, 4.69) is 37.3 Å². The molecular formula is C12H14. The largest absolute Gasteiger partial charge is 0.0847 e. The minimum atomic E-state index is 1.25. The van der Waals surface area contributed by atoms with E-state index in [1.54, 1.807) is 0 Å². The fraction of sp³-hybridized carbons (Fsp3) is 0.167. The van der Waals surface area contributed by atoms with Gasteiger partial charge < -0.3 is 0 Å². The normalized spacial score (nSPS) is 12.3. The van der Waals surface area contributed by atoms with Gasteiger partial charge in [-0.1, -0.05) is 54.1 Å². The Hall–Kier alpha value is -1.30. The molecule has 1 aromatic rings. The lowest BCUT2D eigenvalue weighted by molar-refractivity contribution is 1.48. The van der Waals surface area contributed by atoms with Crippen molar-refractivity contribution in [1.82, 2.24) is 0 Å². The summed E-state index contributed by atoms with van der Waals surface area (Å²) in [6.07, 6.45) is 6.34. The van der Waals surface area contributed by atoms with Gasteiger partial charge in [0.25, 0.3) is 0 Å². The van der Waals surface area contributed by atoms with Crippen molar-refractivity contribution in [2.75, 3.05) is 0 Å². The predicted octanol–water partition coefficient (Wildman–Crippen LogP) is 3.67. The van der Waals surface area contributed by atoms with E-state index in [-0.39, 0.29) is 0 Å². The van der Waals surface area contributed by atoms with E-state index in [0.717, 1.165) is 0 Å². The SMILES string of the molecule is C/C=C(C)/C=C/c1ccccc1. The van der Waals surface area contributed by atoms with Crippen molar-refractivity contribution < 1.29 is 0 Å². The number of rotatable bonds is 2. The molecule has 0 aliphatic heterocycles. The monoisotopic (exact) mass is 158 g/mol. The number of allylic oxidation sites excluding steroid dienone is 3. The molecule has 1 aromatic carbocycles. The molecule has 1 rings (SSSR count). The molecular weight excluding hydrogens is 144 g/mol. The molecule has 0 fully saturated rings. The smallest absolute Gasteiger partial charge is 0.0257 e. The van der Waals surface area contributed by atoms with Crippen molar-refractivity contribution in [3.8, 4) is 0 Å². The zero-order valence-corrected chi connectivity index (χ0v) is 7.62. The molecule has 0 saturated carbocycles. The highest BCUT2D eigenvalue weighted by molar-refractivity contribution is 5.52. The van der Waals surface area contributed by atoms with Crippen LogP contribution in [0.25, 0.3) is 6.08 Å². The van der Waals surface area contributed by atoms with E-state index in [9.17, 15) is 0 Å². The van der Waals surface area contributed by atoms with Gasteiger partial charge >= 0.3 is 0 Å². The van der Waals surface area contributed by atoms with Crippen molar-refractivity contribution in [2.24, 2.45) is 0 Å². The molecule has 12 heavy (non-hydrogen) atoms. The summed E-state index contributed by atoms with van der Waals surface area (Å²) in [5, 5.41) is 0. The number of benzene rings is 1. The van der Waals surface area contributed by atoms with E-state index >= 15 is 0 Å². The minimum absolute atomic E-state index is 1.25. The molecule has 0 unspecified atom stereocenters. The van der Waals surface area contributed by atoms with Crippen LogP contribution in [-0.4, -0.2) is 0 Å². The van der Waals surface area contributed by atoms with Crippen molar-refractivity contribution >= 4 is 6.08 Å². The van der Waals surface area contributed by atoms with Crippen molar-refractivity contribution in [2.45, 2.75) is 13.8 Å². The van der Waals surface area contributed by atoms with Crippen molar-refractivity contribution in [3.63, 3.8) is 0 Å². The summed E-state index contributed by atoms with van der Waals surface area (Å²) in [5.41, 5.74) is 2.54. The summed E-state index contributed by atoms with van der Waals surface area (Å²) in [7, 11) is 0. The molecule has 0 amide bonds. The highest BCUT2D eigenvalue weighted by Crippen LogP contribution is 2.03. The van der Waals surface area contributed by atoms with Crippen LogP contribution in [0.2, 0.25) is 0 Å². The van der Waals surface area contributed by atoms with Gasteiger partial charge in [-0.15, -0.1) is 0 Å². The molecule has 0 aliphatic rings. The molecule has 0 spiro atoms. The third-order valence-electron chi connectivity index (χ3n) is 1.79. The van der Waals surface area contributed by atoms with Crippen molar-refractivity contribution in [1.29, 1.82) is 0 Å². The van der Waals surface area contributed by atoms with Crippen LogP contribution < -0.4 is 0 Å². The molecule has 0 nitrogen and oxygen atoms in total. The quantitative estimate of drug-likeness (QED) is 0.576. The number of hydrogen-bond acceptors (Lipinski definition) is 0. The first-order valence-electron chi connectivity index (χ1n) is 4.19. The first-order valence-corrected chi connectivity index (χ1v) is 4.19. The lowest BCUT2D eigenvalue weighted by atomic mass is 10.2. The highest BCUT2D eigenvalue weighted by Gasteiger charge is 1.82. The average molecular weight is 158 g/mol. The van der Waals surface area contributed by atoms with Gasteiger partial charge in [-0.3, -0.25) is 0 Å². The van der Waals surface area contributed by atoms with Gasteiger partial charge in [0.2, 0.25) is 0 Å². The Labute approximate surface area is 74.2 Å². The van der Waals surface area contributed by atoms with E-state index < -0.39 is 0 Å². The molecule has 0 saturated heterocycles. The lowest BCUT2D eigenvalue weighted by Crippen LogP contribution is -1.69. The van der Waals surface area contributed by atoms with Crippen LogP contribution in [-0.2, 0) is 0 Å². The van der Waals surface area contributed by atoms with Crippen LogP contribution in [0, 0.1) is 0 Å². The van der Waals surface area contributed by atoms with Crippen LogP contribution in [0.5, 0.6) is 0 Å². The summed E-state index contributed by atoms with van der Waals surface area (Å²) in [6.45, 7) is 4.14. The zero-order chi connectivity index (χ0) is 8.81. The Kier molecular flexibility index (Phi) is 3.34. The fourth-order valence-electron chi connectivity index (χ4n) is 0.888. The Morgan fingerprint density at radius 2 is 1.83 bits per heavy atom. The average Bonchev–Trinajstić information content (AvgIpc) is 2.16. The summed E-state index contributed by atoms with van der Waals surface area (Å²) < 4.78 is 0. The van der Waals surface area contributed by atoms with Gasteiger partial charge in [-0.05, 0) is 19.4 Å². The van der Waals surface area contributed by atoms with Crippen LogP contribution in [0.15, 0.2) is 48.1 Å². The summed E-state index contributed by atoms with van der Waals surface area (Å²) in [4.78, 5) is 0. The second kappa shape index (κ2) is 4.55. The summed E-state index contributed by atoms with van der Waals surface area (Å²) in [5.74, 6) is 0. The zero-order valence-electron chi connectivity index (χ0n) is 7.62. The minimum Gasteiger partial charge on any atom is -0.0847 e. The second-order valence-corrected chi connectivity index (χ2v) is 2.78. The van der Waals surface area contributed by atoms with Crippen LogP contribution in [0.4, 0.5) is 0 Å². The van der Waals surface area contributed by atoms with Crippen LogP contribution >= 0.6 is 0 Å². The standard InChI is InChI=1S/C12H14/c1-3-11(2)9-10-12-7-5-4-6-8-12/h3-10H,1-2H3/b10-9+,11-3+. The third kappa shape index (κ3) is 2.75. The molecule has 0 aliphatic carbocycles. The molecule has 0 heteroatoms. The Balaban J connectivity index is 2.70. The first kappa shape index (κ1) is 8.79. The summed E-state index contributed by atoms with van der Waals surface area (Å²) >= 11 is 0. The molecule has 0 aromatic heterocycles. The second-order valence-electron chi connectivity index (χ2n) is 2.78. The fourth-order valence-corrected chi connectivity index (χ4v) is 0.888. The van der Waals surface area contributed by atoms with Gasteiger partial charge in [0, 0.05) is 0 Å². The van der Waals surface area contributed by atoms with E-state index in [1.807, 2.05) is 25.1 Å². The van der Waals surface area contributed by atoms with Gasteiger partial charge in [-0.25, -0.2) is 0 Å². The predicted molar refractivity (Wildman–Crippen MR) is 54.9 cm³/mol. The van der Waals surface area contributed by atoms with Crippen LogP contribution in [0.3, 0.4) is 0 Å². The maximum Gasteiger partial charge on any atom is -0.0257 e. The molecule has 62 valence electrons. The van der Waals surface area contributed by atoms with Gasteiger partial charge in [0.1, 0.15) is 0 Å². The van der Waals surface area contributed by atoms with Crippen LogP contribution in [0.1, 0.15) is 19.4 Å². The lowest BCUT2D eigenvalue weighted by Gasteiger charge is -1.91. The maximum atomic E-state index is 2.12. The van der Waals surface area contributed by atoms with E-state index in [0.29, 0.717) is 0 Å². The van der Waals surface area contributed by atoms with Gasteiger partial charge in [0.05, 0.1) is 0 Å². The van der Waals surface area contributed by atoms with E-state index in [4.69, 9.17) is 0 Å².